The Hall–Kier alpha value is -1.59. The first-order valence-electron chi connectivity index (χ1n) is 5.75. The minimum Gasteiger partial charge on any atom is -0.373 e. The molecule has 5 heteroatoms. The summed E-state index contributed by atoms with van der Waals surface area (Å²) in [6, 6.07) is 7.02. The Bertz CT molecular complexity index is 553. The van der Waals surface area contributed by atoms with E-state index in [1.165, 1.54) is 10.9 Å². The van der Waals surface area contributed by atoms with Crippen LogP contribution in [0.2, 0.25) is 0 Å². The van der Waals surface area contributed by atoms with Gasteiger partial charge in [-0.15, -0.1) is 11.3 Å². The van der Waals surface area contributed by atoms with Crippen LogP contribution in [0, 0.1) is 11.6 Å². The van der Waals surface area contributed by atoms with Crippen molar-refractivity contribution in [2.45, 2.75) is 6.42 Å². The maximum Gasteiger partial charge on any atom is 0.188 e. The molecule has 2 nitrogen and oxygen atoms in total. The molecular formula is C14H12F2O2S. The second-order valence-electron chi connectivity index (χ2n) is 3.93. The number of halogens is 2. The minimum atomic E-state index is -1.02. The highest BCUT2D eigenvalue weighted by molar-refractivity contribution is 7.09. The Labute approximate surface area is 113 Å². The monoisotopic (exact) mass is 282 g/mol. The summed E-state index contributed by atoms with van der Waals surface area (Å²) in [5.74, 6) is -2.34. The number of carbonyl (C=O) groups excluding carboxylic acids is 1. The van der Waals surface area contributed by atoms with E-state index < -0.39 is 11.6 Å². The Morgan fingerprint density at radius 2 is 2.05 bits per heavy atom. The van der Waals surface area contributed by atoms with Gasteiger partial charge in [0.2, 0.25) is 0 Å². The number of carbonyl (C=O) groups is 1. The Morgan fingerprint density at radius 3 is 2.74 bits per heavy atom. The van der Waals surface area contributed by atoms with E-state index in [1.54, 1.807) is 11.3 Å². The van der Waals surface area contributed by atoms with Crippen molar-refractivity contribution in [2.75, 3.05) is 13.2 Å². The van der Waals surface area contributed by atoms with Crippen LogP contribution in [0.15, 0.2) is 35.7 Å². The Morgan fingerprint density at radius 1 is 1.21 bits per heavy atom. The van der Waals surface area contributed by atoms with Crippen molar-refractivity contribution in [3.63, 3.8) is 0 Å². The predicted octanol–water partition coefficient (Wildman–Crippen LogP) is 3.47. The first kappa shape index (κ1) is 13.8. The summed E-state index contributed by atoms with van der Waals surface area (Å²) in [5, 5.41) is 1.97. The summed E-state index contributed by atoms with van der Waals surface area (Å²) in [7, 11) is 0. The molecule has 0 aliphatic heterocycles. The van der Waals surface area contributed by atoms with E-state index in [0.29, 0.717) is 6.61 Å². The third-order valence-electron chi connectivity index (χ3n) is 2.55. The fourth-order valence-corrected chi connectivity index (χ4v) is 2.24. The minimum absolute atomic E-state index is 0.120. The molecule has 0 amide bonds. The van der Waals surface area contributed by atoms with Crippen LogP contribution in [0.3, 0.4) is 0 Å². The lowest BCUT2D eigenvalue weighted by atomic mass is 10.1. The van der Waals surface area contributed by atoms with E-state index >= 15 is 0 Å². The molecule has 1 heterocycles. The van der Waals surface area contributed by atoms with Gasteiger partial charge in [0, 0.05) is 16.9 Å². The zero-order chi connectivity index (χ0) is 13.7. The van der Waals surface area contributed by atoms with E-state index in [9.17, 15) is 13.6 Å². The van der Waals surface area contributed by atoms with E-state index in [4.69, 9.17) is 4.74 Å². The van der Waals surface area contributed by atoms with Gasteiger partial charge in [-0.25, -0.2) is 8.78 Å². The molecule has 0 aliphatic rings. The molecule has 2 aromatic rings. The molecule has 0 N–H and O–H groups in total. The topological polar surface area (TPSA) is 26.3 Å². The van der Waals surface area contributed by atoms with Gasteiger partial charge in [0.15, 0.2) is 17.4 Å². The van der Waals surface area contributed by atoms with E-state index in [0.717, 1.165) is 18.6 Å². The van der Waals surface area contributed by atoms with Crippen LogP contribution in [0.1, 0.15) is 15.2 Å². The van der Waals surface area contributed by atoms with Crippen molar-refractivity contribution < 1.29 is 18.3 Å². The molecule has 0 aliphatic carbocycles. The van der Waals surface area contributed by atoms with Crippen LogP contribution < -0.4 is 0 Å². The van der Waals surface area contributed by atoms with E-state index in [2.05, 4.69) is 0 Å². The van der Waals surface area contributed by atoms with Crippen molar-refractivity contribution in [3.05, 3.63) is 57.8 Å². The van der Waals surface area contributed by atoms with Gasteiger partial charge in [-0.05, 0) is 29.6 Å². The van der Waals surface area contributed by atoms with Gasteiger partial charge in [0.25, 0.3) is 0 Å². The third kappa shape index (κ3) is 3.94. The van der Waals surface area contributed by atoms with Gasteiger partial charge in [-0.1, -0.05) is 6.07 Å². The van der Waals surface area contributed by atoms with Crippen molar-refractivity contribution >= 4 is 17.1 Å². The molecule has 0 unspecified atom stereocenters. The number of thiophene rings is 1. The average molecular weight is 282 g/mol. The fourth-order valence-electron chi connectivity index (χ4n) is 1.55. The largest absolute Gasteiger partial charge is 0.373 e. The van der Waals surface area contributed by atoms with Crippen molar-refractivity contribution in [1.29, 1.82) is 0 Å². The van der Waals surface area contributed by atoms with Crippen molar-refractivity contribution in [2.24, 2.45) is 0 Å². The van der Waals surface area contributed by atoms with Gasteiger partial charge in [-0.2, -0.15) is 0 Å². The summed E-state index contributed by atoms with van der Waals surface area (Å²) < 4.78 is 30.9. The molecule has 1 aromatic carbocycles. The summed E-state index contributed by atoms with van der Waals surface area (Å²) in [6.07, 6.45) is 0.739. The van der Waals surface area contributed by atoms with Crippen LogP contribution in [0.25, 0.3) is 0 Å². The molecule has 19 heavy (non-hydrogen) atoms. The number of hydrogen-bond donors (Lipinski definition) is 0. The van der Waals surface area contributed by atoms with Crippen LogP contribution in [0.5, 0.6) is 0 Å². The van der Waals surface area contributed by atoms with Gasteiger partial charge >= 0.3 is 0 Å². The Balaban J connectivity index is 1.79. The molecule has 0 spiro atoms. The first-order chi connectivity index (χ1) is 9.16. The first-order valence-corrected chi connectivity index (χ1v) is 6.63. The van der Waals surface area contributed by atoms with Crippen LogP contribution in [-0.2, 0) is 11.2 Å². The van der Waals surface area contributed by atoms with Crippen LogP contribution in [0.4, 0.5) is 8.78 Å². The molecule has 0 saturated heterocycles. The maximum absolute atomic E-state index is 12.9. The third-order valence-corrected chi connectivity index (χ3v) is 3.48. The SMILES string of the molecule is O=C(COCCc1cccs1)c1ccc(F)c(F)c1. The average Bonchev–Trinajstić information content (AvgIpc) is 2.91. The maximum atomic E-state index is 12.9. The van der Waals surface area contributed by atoms with Crippen LogP contribution >= 0.6 is 11.3 Å². The number of ketones is 1. The van der Waals surface area contributed by atoms with E-state index in [1.807, 2.05) is 17.5 Å². The summed E-state index contributed by atoms with van der Waals surface area (Å²) >= 11 is 1.63. The van der Waals surface area contributed by atoms with Gasteiger partial charge in [-0.3, -0.25) is 4.79 Å². The standard InChI is InChI=1S/C14H12F2O2S/c15-12-4-3-10(8-13(12)16)14(17)9-18-6-5-11-2-1-7-19-11/h1-4,7-8H,5-6,9H2. The quantitative estimate of drug-likeness (QED) is 0.599. The number of ether oxygens (including phenoxy) is 1. The van der Waals surface area contributed by atoms with Gasteiger partial charge in [0.1, 0.15) is 6.61 Å². The summed E-state index contributed by atoms with van der Waals surface area (Å²) in [6.45, 7) is 0.298. The van der Waals surface area contributed by atoms with Crippen LogP contribution in [-0.4, -0.2) is 19.0 Å². The number of benzene rings is 1. The molecule has 0 atom stereocenters. The zero-order valence-electron chi connectivity index (χ0n) is 10.1. The summed E-state index contributed by atoms with van der Waals surface area (Å²) in [4.78, 5) is 12.8. The lowest BCUT2D eigenvalue weighted by molar-refractivity contribution is 0.0766. The van der Waals surface area contributed by atoms with Crippen molar-refractivity contribution in [3.8, 4) is 0 Å². The molecule has 2 rings (SSSR count). The highest BCUT2D eigenvalue weighted by atomic mass is 32.1. The van der Waals surface area contributed by atoms with E-state index in [-0.39, 0.29) is 18.0 Å². The summed E-state index contributed by atoms with van der Waals surface area (Å²) in [5.41, 5.74) is 0.120. The molecule has 0 fully saturated rings. The lowest BCUT2D eigenvalue weighted by Crippen LogP contribution is -2.11. The Kier molecular flexibility index (Phi) is 4.76. The smallest absolute Gasteiger partial charge is 0.188 e. The lowest BCUT2D eigenvalue weighted by Gasteiger charge is -2.03. The molecule has 0 saturated carbocycles. The predicted molar refractivity (Wildman–Crippen MR) is 69.5 cm³/mol. The fraction of sp³-hybridized carbons (Fsp3) is 0.214. The molecule has 0 bridgehead atoms. The van der Waals surface area contributed by atoms with Gasteiger partial charge < -0.3 is 4.74 Å². The van der Waals surface area contributed by atoms with Crippen molar-refractivity contribution in [1.82, 2.24) is 0 Å². The number of rotatable bonds is 6. The zero-order valence-corrected chi connectivity index (χ0v) is 10.9. The highest BCUT2D eigenvalue weighted by Gasteiger charge is 2.09. The molecule has 0 radical (unpaired) electrons. The normalized spacial score (nSPS) is 10.6. The second kappa shape index (κ2) is 6.54. The molecular weight excluding hydrogens is 270 g/mol. The highest BCUT2D eigenvalue weighted by Crippen LogP contribution is 2.11. The van der Waals surface area contributed by atoms with Gasteiger partial charge in [0.05, 0.1) is 6.61 Å². The molecule has 100 valence electrons. The second-order valence-corrected chi connectivity index (χ2v) is 4.97. The number of hydrogen-bond acceptors (Lipinski definition) is 3. The molecule has 1 aromatic heterocycles. The number of Topliss-reactive ketones (excluding diaryl/α,β-unsaturated/α-hetero) is 1.